The number of amides is 1. The van der Waals surface area contributed by atoms with Crippen LogP contribution < -0.4 is 10.1 Å². The molecular formula is C20H27F3N2O2. The van der Waals surface area contributed by atoms with E-state index in [9.17, 15) is 18.0 Å². The van der Waals surface area contributed by atoms with E-state index in [0.717, 1.165) is 38.9 Å². The van der Waals surface area contributed by atoms with Crippen LogP contribution in [0.2, 0.25) is 0 Å². The minimum absolute atomic E-state index is 0.124. The fourth-order valence-electron chi connectivity index (χ4n) is 4.15. The number of hydrogen-bond acceptors (Lipinski definition) is 3. The number of carbonyl (C=O) groups is 1. The van der Waals surface area contributed by atoms with Gasteiger partial charge in [-0.2, -0.15) is 0 Å². The van der Waals surface area contributed by atoms with E-state index in [1.165, 1.54) is 49.9 Å². The van der Waals surface area contributed by atoms with Crippen molar-refractivity contribution in [2.75, 3.05) is 19.6 Å². The fraction of sp³-hybridized carbons (Fsp3) is 0.650. The van der Waals surface area contributed by atoms with Crippen molar-refractivity contribution in [1.82, 2.24) is 10.2 Å². The van der Waals surface area contributed by atoms with Crippen LogP contribution in [-0.4, -0.2) is 42.8 Å². The molecule has 2 aliphatic rings. The number of ether oxygens (including phenoxy) is 1. The van der Waals surface area contributed by atoms with Crippen molar-refractivity contribution in [3.8, 4) is 5.75 Å². The molecule has 7 heteroatoms. The predicted molar refractivity (Wildman–Crippen MR) is 96.6 cm³/mol. The van der Waals surface area contributed by atoms with Crippen LogP contribution in [0.15, 0.2) is 24.3 Å². The first-order chi connectivity index (χ1) is 12.9. The van der Waals surface area contributed by atoms with Crippen LogP contribution in [0.4, 0.5) is 13.2 Å². The Kier molecular flexibility index (Phi) is 6.63. The number of nitrogens with zero attached hydrogens (tertiary/aromatic N) is 1. The van der Waals surface area contributed by atoms with E-state index in [2.05, 4.69) is 15.0 Å². The van der Waals surface area contributed by atoms with Gasteiger partial charge < -0.3 is 15.0 Å². The van der Waals surface area contributed by atoms with Crippen LogP contribution in [0, 0.1) is 5.92 Å². The summed E-state index contributed by atoms with van der Waals surface area (Å²) in [5, 5.41) is 3.11. The van der Waals surface area contributed by atoms with Crippen LogP contribution >= 0.6 is 0 Å². The molecule has 27 heavy (non-hydrogen) atoms. The van der Waals surface area contributed by atoms with Gasteiger partial charge in [0, 0.05) is 18.2 Å². The van der Waals surface area contributed by atoms with Gasteiger partial charge in [0.25, 0.3) is 5.91 Å². The van der Waals surface area contributed by atoms with E-state index < -0.39 is 6.36 Å². The lowest BCUT2D eigenvalue weighted by atomic mass is 9.83. The minimum Gasteiger partial charge on any atom is -0.406 e. The van der Waals surface area contributed by atoms with E-state index in [1.54, 1.807) is 0 Å². The second kappa shape index (κ2) is 8.95. The quantitative estimate of drug-likeness (QED) is 0.820. The van der Waals surface area contributed by atoms with Crippen molar-refractivity contribution in [1.29, 1.82) is 0 Å². The average molecular weight is 384 g/mol. The molecule has 1 saturated carbocycles. The molecule has 1 aromatic rings. The molecule has 1 saturated heterocycles. The van der Waals surface area contributed by atoms with Gasteiger partial charge in [-0.05, 0) is 69.0 Å². The lowest BCUT2D eigenvalue weighted by molar-refractivity contribution is -0.274. The Morgan fingerprint density at radius 2 is 1.70 bits per heavy atom. The molecule has 0 spiro atoms. The van der Waals surface area contributed by atoms with Gasteiger partial charge in [-0.15, -0.1) is 13.2 Å². The number of piperidine rings is 1. The van der Waals surface area contributed by atoms with Crippen LogP contribution in [0.1, 0.15) is 55.3 Å². The zero-order chi connectivity index (χ0) is 19.3. The van der Waals surface area contributed by atoms with Crippen molar-refractivity contribution in [2.24, 2.45) is 5.92 Å². The molecule has 1 unspecified atom stereocenters. The Morgan fingerprint density at radius 3 is 2.37 bits per heavy atom. The lowest BCUT2D eigenvalue weighted by Crippen LogP contribution is -2.47. The van der Waals surface area contributed by atoms with Crippen LogP contribution in [0.3, 0.4) is 0 Å². The minimum atomic E-state index is -4.73. The molecule has 1 N–H and O–H groups in total. The third-order valence-electron chi connectivity index (χ3n) is 5.52. The van der Waals surface area contributed by atoms with Crippen molar-refractivity contribution in [3.63, 3.8) is 0 Å². The number of likely N-dealkylation sites (tertiary alicyclic amines) is 1. The monoisotopic (exact) mass is 384 g/mol. The van der Waals surface area contributed by atoms with E-state index in [-0.39, 0.29) is 17.7 Å². The first-order valence-electron chi connectivity index (χ1n) is 9.80. The van der Waals surface area contributed by atoms with Gasteiger partial charge in [-0.1, -0.05) is 19.3 Å². The highest BCUT2D eigenvalue weighted by Gasteiger charge is 2.31. The van der Waals surface area contributed by atoms with Crippen molar-refractivity contribution in [2.45, 2.75) is 57.3 Å². The Balaban J connectivity index is 1.57. The van der Waals surface area contributed by atoms with E-state index >= 15 is 0 Å². The Bertz CT molecular complexity index is 613. The number of rotatable bonds is 5. The van der Waals surface area contributed by atoms with Crippen molar-refractivity contribution >= 4 is 5.91 Å². The van der Waals surface area contributed by atoms with Gasteiger partial charge in [0.05, 0.1) is 0 Å². The summed E-state index contributed by atoms with van der Waals surface area (Å²) in [5.74, 6) is -0.113. The maximum absolute atomic E-state index is 12.6. The first kappa shape index (κ1) is 20.0. The third-order valence-corrected chi connectivity index (χ3v) is 5.52. The zero-order valence-corrected chi connectivity index (χ0v) is 15.4. The van der Waals surface area contributed by atoms with Crippen LogP contribution in [0.25, 0.3) is 0 Å². The number of carbonyl (C=O) groups excluding carboxylic acids is 1. The van der Waals surface area contributed by atoms with Gasteiger partial charge in [0.15, 0.2) is 0 Å². The smallest absolute Gasteiger partial charge is 0.406 e. The van der Waals surface area contributed by atoms with Gasteiger partial charge in [0.2, 0.25) is 0 Å². The van der Waals surface area contributed by atoms with E-state index in [4.69, 9.17) is 0 Å². The van der Waals surface area contributed by atoms with Crippen molar-refractivity contribution < 1.29 is 22.7 Å². The Hall–Kier alpha value is -1.76. The predicted octanol–water partition coefficient (Wildman–Crippen LogP) is 4.36. The van der Waals surface area contributed by atoms with Crippen LogP contribution in [0.5, 0.6) is 5.75 Å². The van der Waals surface area contributed by atoms with E-state index in [0.29, 0.717) is 11.5 Å². The molecule has 0 radical (unpaired) electrons. The SMILES string of the molecule is O=C(NC1CCCC[C@H]1CN1CCCCC1)c1ccc(OC(F)(F)F)cc1. The number of hydrogen-bond donors (Lipinski definition) is 1. The Labute approximate surface area is 158 Å². The molecule has 1 heterocycles. The molecule has 1 amide bonds. The summed E-state index contributed by atoms with van der Waals surface area (Å²) >= 11 is 0. The van der Waals surface area contributed by atoms with Gasteiger partial charge >= 0.3 is 6.36 Å². The maximum Gasteiger partial charge on any atom is 0.573 e. The third kappa shape index (κ3) is 6.13. The van der Waals surface area contributed by atoms with Crippen LogP contribution in [-0.2, 0) is 0 Å². The normalized spacial score (nSPS) is 24.4. The van der Waals surface area contributed by atoms with Gasteiger partial charge in [0.1, 0.15) is 5.75 Å². The second-order valence-corrected chi connectivity index (χ2v) is 7.56. The molecule has 2 atom stereocenters. The molecule has 4 nitrogen and oxygen atoms in total. The molecule has 0 aromatic heterocycles. The van der Waals surface area contributed by atoms with E-state index in [1.807, 2.05) is 0 Å². The highest BCUT2D eigenvalue weighted by molar-refractivity contribution is 5.94. The maximum atomic E-state index is 12.6. The summed E-state index contributed by atoms with van der Waals surface area (Å²) in [5.41, 5.74) is 0.354. The number of benzene rings is 1. The topological polar surface area (TPSA) is 41.6 Å². The molecule has 3 rings (SSSR count). The van der Waals surface area contributed by atoms with Gasteiger partial charge in [-0.25, -0.2) is 0 Å². The first-order valence-corrected chi connectivity index (χ1v) is 9.80. The summed E-state index contributed by atoms with van der Waals surface area (Å²) in [6, 6.07) is 5.22. The summed E-state index contributed by atoms with van der Waals surface area (Å²) in [7, 11) is 0. The number of alkyl halides is 3. The number of halogens is 3. The largest absolute Gasteiger partial charge is 0.573 e. The second-order valence-electron chi connectivity index (χ2n) is 7.56. The standard InChI is InChI=1S/C20H27F3N2O2/c21-20(22,23)27-17-10-8-15(9-11-17)19(26)24-18-7-3-2-6-16(18)14-25-12-4-1-5-13-25/h8-11,16,18H,1-7,12-14H2,(H,24,26)/t16-,18?/m0/s1. The highest BCUT2D eigenvalue weighted by atomic mass is 19.4. The lowest BCUT2D eigenvalue weighted by Gasteiger charge is -2.37. The summed E-state index contributed by atoms with van der Waals surface area (Å²) in [4.78, 5) is 15.1. The number of nitrogens with one attached hydrogen (secondary N) is 1. The fourth-order valence-corrected chi connectivity index (χ4v) is 4.15. The molecular weight excluding hydrogens is 357 g/mol. The molecule has 1 aliphatic heterocycles. The van der Waals surface area contributed by atoms with Crippen molar-refractivity contribution in [3.05, 3.63) is 29.8 Å². The molecule has 2 fully saturated rings. The van der Waals surface area contributed by atoms with Gasteiger partial charge in [-0.3, -0.25) is 4.79 Å². The summed E-state index contributed by atoms with van der Waals surface area (Å²) in [6.45, 7) is 3.29. The molecule has 1 aromatic carbocycles. The Morgan fingerprint density at radius 1 is 1.04 bits per heavy atom. The zero-order valence-electron chi connectivity index (χ0n) is 15.4. The highest BCUT2D eigenvalue weighted by Crippen LogP contribution is 2.27. The summed E-state index contributed by atoms with van der Waals surface area (Å²) in [6.07, 6.45) is 3.42. The molecule has 1 aliphatic carbocycles. The molecule has 150 valence electrons. The molecule has 0 bridgehead atoms. The summed E-state index contributed by atoms with van der Waals surface area (Å²) < 4.78 is 40.6. The average Bonchev–Trinajstić information content (AvgIpc) is 2.63.